The van der Waals surface area contributed by atoms with Crippen molar-refractivity contribution in [3.8, 4) is 22.9 Å². The largest absolute Gasteiger partial charge is 0.485 e. The number of nitrogens with one attached hydrogen (secondary N) is 3. The first-order valence-corrected chi connectivity index (χ1v) is 13.5. The fraction of sp³-hybridized carbons (Fsp3) is 0.250. The van der Waals surface area contributed by atoms with Crippen molar-refractivity contribution in [3.05, 3.63) is 72.6 Å². The van der Waals surface area contributed by atoms with Crippen LogP contribution in [-0.2, 0) is 5.41 Å². The molecule has 2 amide bonds. The molecule has 2 aromatic carbocycles. The number of carbonyl (C=O) groups is 1. The molecule has 3 heterocycles. The topological polar surface area (TPSA) is 102 Å². The number of para-hydroxylation sites is 1. The second-order valence-corrected chi connectivity index (χ2v) is 10.6. The summed E-state index contributed by atoms with van der Waals surface area (Å²) < 4.78 is 13.6. The molecule has 5 rings (SSSR count). The molecule has 2 aromatic heterocycles. The van der Waals surface area contributed by atoms with E-state index in [1.807, 2.05) is 60.9 Å². The fourth-order valence-corrected chi connectivity index (χ4v) is 4.51. The lowest BCUT2D eigenvalue weighted by Crippen LogP contribution is -2.21. The number of anilines is 3. The SMILES string of the molecule is CSc1cc(Oc2ccnc3c2OCCN3)ccc1NC(=O)Nc1cc(C(C)(C)C)nn1-c1ccccc1. The van der Waals surface area contributed by atoms with Crippen LogP contribution >= 0.6 is 11.8 Å². The second-order valence-electron chi connectivity index (χ2n) is 9.72. The Hall–Kier alpha value is -4.18. The van der Waals surface area contributed by atoms with Crippen molar-refractivity contribution in [2.24, 2.45) is 0 Å². The maximum Gasteiger partial charge on any atom is 0.324 e. The molecule has 0 bridgehead atoms. The zero-order chi connectivity index (χ0) is 26.7. The van der Waals surface area contributed by atoms with Crippen LogP contribution < -0.4 is 25.4 Å². The van der Waals surface area contributed by atoms with Gasteiger partial charge in [0.15, 0.2) is 11.6 Å². The molecular weight excluding hydrogens is 500 g/mol. The first-order valence-electron chi connectivity index (χ1n) is 12.3. The lowest BCUT2D eigenvalue weighted by molar-refractivity contribution is 0.262. The maximum atomic E-state index is 13.1. The van der Waals surface area contributed by atoms with Crippen molar-refractivity contribution in [2.45, 2.75) is 31.1 Å². The Kier molecular flexibility index (Phi) is 7.15. The zero-order valence-electron chi connectivity index (χ0n) is 21.7. The first-order chi connectivity index (χ1) is 18.3. The number of thioether (sulfide) groups is 1. The van der Waals surface area contributed by atoms with E-state index in [1.54, 1.807) is 16.9 Å². The predicted molar refractivity (Wildman–Crippen MR) is 151 cm³/mol. The van der Waals surface area contributed by atoms with E-state index in [0.29, 0.717) is 47.7 Å². The van der Waals surface area contributed by atoms with Gasteiger partial charge in [-0.1, -0.05) is 39.0 Å². The molecular formula is C28H30N6O3S. The van der Waals surface area contributed by atoms with Gasteiger partial charge in [0.1, 0.15) is 18.2 Å². The molecule has 196 valence electrons. The summed E-state index contributed by atoms with van der Waals surface area (Å²) in [7, 11) is 0. The minimum absolute atomic E-state index is 0.177. The van der Waals surface area contributed by atoms with Crippen LogP contribution in [0.15, 0.2) is 71.8 Å². The van der Waals surface area contributed by atoms with Crippen LogP contribution in [0.1, 0.15) is 26.5 Å². The van der Waals surface area contributed by atoms with Gasteiger partial charge in [-0.2, -0.15) is 5.10 Å². The van der Waals surface area contributed by atoms with Gasteiger partial charge in [-0.05, 0) is 36.6 Å². The van der Waals surface area contributed by atoms with E-state index in [2.05, 4.69) is 41.7 Å². The normalized spacial score (nSPS) is 12.6. The summed E-state index contributed by atoms with van der Waals surface area (Å²) in [5, 5.41) is 13.9. The monoisotopic (exact) mass is 530 g/mol. The Labute approximate surface area is 226 Å². The molecule has 1 aliphatic rings. The van der Waals surface area contributed by atoms with Gasteiger partial charge >= 0.3 is 6.03 Å². The third kappa shape index (κ3) is 5.55. The number of amides is 2. The average molecular weight is 531 g/mol. The van der Waals surface area contributed by atoms with Crippen LogP contribution in [0, 0.1) is 0 Å². The molecule has 0 saturated carbocycles. The summed E-state index contributed by atoms with van der Waals surface area (Å²) in [6.45, 7) is 7.52. The highest BCUT2D eigenvalue weighted by Crippen LogP contribution is 2.39. The van der Waals surface area contributed by atoms with Crippen molar-refractivity contribution in [3.63, 3.8) is 0 Å². The van der Waals surface area contributed by atoms with Crippen LogP contribution in [0.3, 0.4) is 0 Å². The summed E-state index contributed by atoms with van der Waals surface area (Å²) in [5.74, 6) is 3.05. The number of nitrogens with zero attached hydrogens (tertiary/aromatic N) is 3. The van der Waals surface area contributed by atoms with Gasteiger partial charge in [0, 0.05) is 28.6 Å². The number of aromatic nitrogens is 3. The van der Waals surface area contributed by atoms with Gasteiger partial charge in [-0.25, -0.2) is 14.5 Å². The molecule has 3 N–H and O–H groups in total. The lowest BCUT2D eigenvalue weighted by atomic mass is 9.92. The van der Waals surface area contributed by atoms with E-state index in [9.17, 15) is 4.79 Å². The highest BCUT2D eigenvalue weighted by atomic mass is 32.2. The predicted octanol–water partition coefficient (Wildman–Crippen LogP) is 6.53. The van der Waals surface area contributed by atoms with Crippen molar-refractivity contribution < 1.29 is 14.3 Å². The number of ether oxygens (including phenoxy) is 2. The van der Waals surface area contributed by atoms with E-state index in [1.165, 1.54) is 11.8 Å². The molecule has 0 atom stereocenters. The highest BCUT2D eigenvalue weighted by molar-refractivity contribution is 7.98. The number of fused-ring (bicyclic) bond motifs is 1. The molecule has 0 unspecified atom stereocenters. The Morgan fingerprint density at radius 2 is 1.92 bits per heavy atom. The minimum atomic E-state index is -0.366. The number of urea groups is 1. The van der Waals surface area contributed by atoms with Crippen molar-refractivity contribution in [2.75, 3.05) is 35.4 Å². The van der Waals surface area contributed by atoms with E-state index in [-0.39, 0.29) is 11.4 Å². The Morgan fingerprint density at radius 3 is 2.68 bits per heavy atom. The number of hydrogen-bond donors (Lipinski definition) is 3. The van der Waals surface area contributed by atoms with Gasteiger partial charge < -0.3 is 20.1 Å². The molecule has 0 aliphatic carbocycles. The third-order valence-electron chi connectivity index (χ3n) is 5.88. The summed E-state index contributed by atoms with van der Waals surface area (Å²) >= 11 is 1.51. The second kappa shape index (κ2) is 10.7. The van der Waals surface area contributed by atoms with Crippen molar-refractivity contribution in [1.82, 2.24) is 14.8 Å². The van der Waals surface area contributed by atoms with E-state index < -0.39 is 0 Å². The molecule has 10 heteroatoms. The molecule has 1 aliphatic heterocycles. The molecule has 0 fully saturated rings. The Bertz CT molecular complexity index is 1450. The summed E-state index contributed by atoms with van der Waals surface area (Å²) in [6, 6.07) is 18.6. The zero-order valence-corrected chi connectivity index (χ0v) is 22.6. The van der Waals surface area contributed by atoms with Gasteiger partial charge in [0.2, 0.25) is 5.75 Å². The molecule has 4 aromatic rings. The van der Waals surface area contributed by atoms with Gasteiger partial charge in [0.25, 0.3) is 0 Å². The molecule has 0 saturated heterocycles. The van der Waals surface area contributed by atoms with E-state index in [4.69, 9.17) is 14.6 Å². The number of hydrogen-bond acceptors (Lipinski definition) is 7. The Balaban J connectivity index is 1.34. The number of pyridine rings is 1. The highest BCUT2D eigenvalue weighted by Gasteiger charge is 2.22. The van der Waals surface area contributed by atoms with E-state index in [0.717, 1.165) is 16.3 Å². The molecule has 9 nitrogen and oxygen atoms in total. The van der Waals surface area contributed by atoms with Crippen LogP contribution in [0.4, 0.5) is 22.1 Å². The fourth-order valence-electron chi connectivity index (χ4n) is 3.94. The lowest BCUT2D eigenvalue weighted by Gasteiger charge is -2.20. The summed E-state index contributed by atoms with van der Waals surface area (Å²) in [5.41, 5.74) is 2.23. The number of benzene rings is 2. The maximum absolute atomic E-state index is 13.1. The third-order valence-corrected chi connectivity index (χ3v) is 6.66. The van der Waals surface area contributed by atoms with Gasteiger partial charge in [0.05, 0.1) is 23.6 Å². The van der Waals surface area contributed by atoms with Crippen LogP contribution in [0.25, 0.3) is 5.69 Å². The van der Waals surface area contributed by atoms with Gasteiger partial charge in [-0.15, -0.1) is 11.8 Å². The van der Waals surface area contributed by atoms with Crippen molar-refractivity contribution >= 4 is 35.1 Å². The molecule has 0 radical (unpaired) electrons. The number of rotatable bonds is 6. The Morgan fingerprint density at radius 1 is 1.11 bits per heavy atom. The quantitative estimate of drug-likeness (QED) is 0.244. The van der Waals surface area contributed by atoms with Gasteiger partial charge in [-0.3, -0.25) is 5.32 Å². The average Bonchev–Trinajstić information content (AvgIpc) is 3.34. The van der Waals surface area contributed by atoms with E-state index >= 15 is 0 Å². The number of carbonyl (C=O) groups excluding carboxylic acids is 1. The van der Waals surface area contributed by atoms with Crippen LogP contribution in [0.2, 0.25) is 0 Å². The molecule has 38 heavy (non-hydrogen) atoms. The molecule has 0 spiro atoms. The smallest absolute Gasteiger partial charge is 0.324 e. The summed E-state index contributed by atoms with van der Waals surface area (Å²) in [4.78, 5) is 18.2. The summed E-state index contributed by atoms with van der Waals surface area (Å²) in [6.07, 6.45) is 3.63. The van der Waals surface area contributed by atoms with Crippen LogP contribution in [0.5, 0.6) is 17.2 Å². The van der Waals surface area contributed by atoms with Crippen LogP contribution in [-0.4, -0.2) is 40.2 Å². The minimum Gasteiger partial charge on any atom is -0.485 e. The first kappa shape index (κ1) is 25.5. The van der Waals surface area contributed by atoms with Crippen molar-refractivity contribution in [1.29, 1.82) is 0 Å². The standard InChI is InChI=1S/C28H30N6O3S/c1-28(2,3)23-17-24(34(33-23)18-8-6-5-7-9-18)32-27(35)31-20-11-10-19(16-22(20)38-4)37-21-12-13-29-26-25(21)36-15-14-30-26/h5-13,16-17H,14-15H2,1-4H3,(H,29,30)(H2,31,32,35).